The van der Waals surface area contributed by atoms with Gasteiger partial charge in [-0.3, -0.25) is 0 Å². The molecule has 0 heterocycles. The Labute approximate surface area is 114 Å². The number of aliphatic hydroxyl groups is 1. The van der Waals surface area contributed by atoms with E-state index in [2.05, 4.69) is 5.32 Å². The fourth-order valence-electron chi connectivity index (χ4n) is 1.64. The Balaban J connectivity index is 2.54. The lowest BCUT2D eigenvalue weighted by Crippen LogP contribution is -2.42. The van der Waals surface area contributed by atoms with Crippen molar-refractivity contribution in [3.63, 3.8) is 0 Å². The third-order valence-electron chi connectivity index (χ3n) is 2.54. The second-order valence-corrected chi connectivity index (χ2v) is 5.72. The van der Waals surface area contributed by atoms with E-state index in [-0.39, 0.29) is 12.6 Å². The van der Waals surface area contributed by atoms with Crippen molar-refractivity contribution in [3.8, 4) is 0 Å². The van der Waals surface area contributed by atoms with Crippen LogP contribution in [0.15, 0.2) is 24.3 Å². The number of carbonyl (C=O) groups is 1. The van der Waals surface area contributed by atoms with Gasteiger partial charge in [-0.1, -0.05) is 29.8 Å². The molecule has 4 heteroatoms. The van der Waals surface area contributed by atoms with Gasteiger partial charge in [0.25, 0.3) is 0 Å². The number of carbonyl (C=O) groups excluding carboxylic acids is 1. The molecule has 0 unspecified atom stereocenters. The van der Waals surface area contributed by atoms with E-state index in [0.29, 0.717) is 6.42 Å². The van der Waals surface area contributed by atoms with Crippen LogP contribution in [-0.4, -0.2) is 29.4 Å². The van der Waals surface area contributed by atoms with Crippen molar-refractivity contribution in [3.05, 3.63) is 35.4 Å². The van der Waals surface area contributed by atoms with Crippen molar-refractivity contribution in [2.75, 3.05) is 6.61 Å². The first-order valence-corrected chi connectivity index (χ1v) is 6.46. The average Bonchev–Trinajstić information content (AvgIpc) is 2.28. The molecule has 0 saturated heterocycles. The van der Waals surface area contributed by atoms with Gasteiger partial charge < -0.3 is 15.2 Å². The first kappa shape index (κ1) is 15.5. The van der Waals surface area contributed by atoms with Crippen molar-refractivity contribution < 1.29 is 14.6 Å². The number of aliphatic hydroxyl groups excluding tert-OH is 1. The first-order chi connectivity index (χ1) is 8.80. The second kappa shape index (κ2) is 6.57. The highest BCUT2D eigenvalue weighted by Gasteiger charge is 2.19. The van der Waals surface area contributed by atoms with E-state index in [9.17, 15) is 9.90 Å². The number of hydrogen-bond acceptors (Lipinski definition) is 3. The number of nitrogens with one attached hydrogen (secondary N) is 1. The Hall–Kier alpha value is -1.55. The molecule has 0 fully saturated rings. The van der Waals surface area contributed by atoms with Crippen LogP contribution in [-0.2, 0) is 11.2 Å². The van der Waals surface area contributed by atoms with Gasteiger partial charge in [-0.15, -0.1) is 0 Å². The molecule has 19 heavy (non-hydrogen) atoms. The number of ether oxygens (including phenoxy) is 1. The van der Waals surface area contributed by atoms with E-state index < -0.39 is 11.7 Å². The maximum atomic E-state index is 11.6. The van der Waals surface area contributed by atoms with Gasteiger partial charge in [-0.2, -0.15) is 0 Å². The van der Waals surface area contributed by atoms with E-state index >= 15 is 0 Å². The monoisotopic (exact) mass is 265 g/mol. The van der Waals surface area contributed by atoms with E-state index in [1.54, 1.807) is 20.8 Å². The standard InChI is InChI=1S/C15H23NO3/c1-11-5-7-12(8-6-11)9-13(10-17)16-14(18)19-15(2,3)4/h5-8,13,17H,9-10H2,1-4H3,(H,16,18)/t13-/m0/s1. The molecule has 4 nitrogen and oxygen atoms in total. The number of hydrogen-bond donors (Lipinski definition) is 2. The van der Waals surface area contributed by atoms with Crippen molar-refractivity contribution >= 4 is 6.09 Å². The zero-order chi connectivity index (χ0) is 14.5. The topological polar surface area (TPSA) is 58.6 Å². The minimum atomic E-state index is -0.534. The molecule has 2 N–H and O–H groups in total. The summed E-state index contributed by atoms with van der Waals surface area (Å²) in [7, 11) is 0. The van der Waals surface area contributed by atoms with Crippen LogP contribution in [0.3, 0.4) is 0 Å². The third kappa shape index (κ3) is 6.25. The largest absolute Gasteiger partial charge is 0.444 e. The minimum Gasteiger partial charge on any atom is -0.444 e. The van der Waals surface area contributed by atoms with Gasteiger partial charge in [0, 0.05) is 0 Å². The highest BCUT2D eigenvalue weighted by Crippen LogP contribution is 2.09. The Bertz CT molecular complexity index is 406. The molecular formula is C15H23NO3. The molecule has 0 aromatic heterocycles. The van der Waals surface area contributed by atoms with Gasteiger partial charge in [-0.25, -0.2) is 4.79 Å². The summed E-state index contributed by atoms with van der Waals surface area (Å²) in [5.74, 6) is 0. The van der Waals surface area contributed by atoms with Gasteiger partial charge in [0.2, 0.25) is 0 Å². The number of amides is 1. The van der Waals surface area contributed by atoms with Crippen LogP contribution in [0.5, 0.6) is 0 Å². The molecule has 1 amide bonds. The van der Waals surface area contributed by atoms with E-state index in [1.165, 1.54) is 5.56 Å². The van der Waals surface area contributed by atoms with Gasteiger partial charge in [0.15, 0.2) is 0 Å². The normalized spacial score (nSPS) is 12.9. The summed E-state index contributed by atoms with van der Waals surface area (Å²) < 4.78 is 5.17. The van der Waals surface area contributed by atoms with E-state index in [4.69, 9.17) is 4.74 Å². The molecule has 0 aliphatic heterocycles. The summed E-state index contributed by atoms with van der Waals surface area (Å²) in [5.41, 5.74) is 1.72. The molecule has 0 spiro atoms. The Morgan fingerprint density at radius 1 is 1.32 bits per heavy atom. The zero-order valence-electron chi connectivity index (χ0n) is 12.1. The molecule has 106 valence electrons. The fourth-order valence-corrected chi connectivity index (χ4v) is 1.64. The molecule has 0 saturated carbocycles. The lowest BCUT2D eigenvalue weighted by molar-refractivity contribution is 0.0483. The lowest BCUT2D eigenvalue weighted by atomic mass is 10.1. The van der Waals surface area contributed by atoms with E-state index in [1.807, 2.05) is 31.2 Å². The summed E-state index contributed by atoms with van der Waals surface area (Å²) in [6.45, 7) is 7.32. The van der Waals surface area contributed by atoms with Gasteiger partial charge in [0.05, 0.1) is 12.6 Å². The van der Waals surface area contributed by atoms with Crippen LogP contribution in [0.25, 0.3) is 0 Å². The predicted octanol–water partition coefficient (Wildman–Crippen LogP) is 2.42. The Morgan fingerprint density at radius 2 is 1.89 bits per heavy atom. The van der Waals surface area contributed by atoms with Crippen molar-refractivity contribution in [2.24, 2.45) is 0 Å². The summed E-state index contributed by atoms with van der Waals surface area (Å²) in [6, 6.07) is 7.68. The Morgan fingerprint density at radius 3 is 2.37 bits per heavy atom. The average molecular weight is 265 g/mol. The molecule has 1 aromatic carbocycles. The number of alkyl carbamates (subject to hydrolysis) is 1. The van der Waals surface area contributed by atoms with Gasteiger partial charge in [-0.05, 0) is 39.7 Å². The minimum absolute atomic E-state index is 0.118. The van der Waals surface area contributed by atoms with Crippen molar-refractivity contribution in [2.45, 2.75) is 45.8 Å². The molecular weight excluding hydrogens is 242 g/mol. The number of benzene rings is 1. The van der Waals surface area contributed by atoms with E-state index in [0.717, 1.165) is 5.56 Å². The highest BCUT2D eigenvalue weighted by atomic mass is 16.6. The lowest BCUT2D eigenvalue weighted by Gasteiger charge is -2.22. The molecule has 0 aliphatic carbocycles. The molecule has 1 rings (SSSR count). The van der Waals surface area contributed by atoms with Crippen LogP contribution in [0.2, 0.25) is 0 Å². The fraction of sp³-hybridized carbons (Fsp3) is 0.533. The smallest absolute Gasteiger partial charge is 0.407 e. The van der Waals surface area contributed by atoms with Crippen molar-refractivity contribution in [1.82, 2.24) is 5.32 Å². The molecule has 0 aliphatic rings. The number of rotatable bonds is 4. The maximum absolute atomic E-state index is 11.6. The van der Waals surface area contributed by atoms with Crippen molar-refractivity contribution in [1.29, 1.82) is 0 Å². The van der Waals surface area contributed by atoms with Gasteiger partial charge in [0.1, 0.15) is 5.60 Å². The second-order valence-electron chi connectivity index (χ2n) is 5.72. The highest BCUT2D eigenvalue weighted by molar-refractivity contribution is 5.68. The summed E-state index contributed by atoms with van der Waals surface area (Å²) >= 11 is 0. The first-order valence-electron chi connectivity index (χ1n) is 6.46. The van der Waals surface area contributed by atoms with Crippen LogP contribution in [0.1, 0.15) is 31.9 Å². The number of aryl methyl sites for hydroxylation is 1. The molecule has 1 atom stereocenters. The van der Waals surface area contributed by atoms with Gasteiger partial charge >= 0.3 is 6.09 Å². The van der Waals surface area contributed by atoms with Crippen LogP contribution >= 0.6 is 0 Å². The SMILES string of the molecule is Cc1ccc(C[C@@H](CO)NC(=O)OC(C)(C)C)cc1. The molecule has 1 aromatic rings. The third-order valence-corrected chi connectivity index (χ3v) is 2.54. The predicted molar refractivity (Wildman–Crippen MR) is 75.1 cm³/mol. The maximum Gasteiger partial charge on any atom is 0.407 e. The van der Waals surface area contributed by atoms with Crippen LogP contribution in [0, 0.1) is 6.92 Å². The summed E-state index contributed by atoms with van der Waals surface area (Å²) in [5, 5.41) is 12.0. The summed E-state index contributed by atoms with van der Waals surface area (Å²) in [4.78, 5) is 11.6. The molecule has 0 radical (unpaired) electrons. The Kier molecular flexibility index (Phi) is 5.36. The van der Waals surface area contributed by atoms with Crippen LogP contribution in [0.4, 0.5) is 4.79 Å². The quantitative estimate of drug-likeness (QED) is 0.879. The zero-order valence-corrected chi connectivity index (χ0v) is 12.1. The van der Waals surface area contributed by atoms with Crippen LogP contribution < -0.4 is 5.32 Å². The summed E-state index contributed by atoms with van der Waals surface area (Å²) in [6.07, 6.45) is 0.0781. The molecule has 0 bridgehead atoms.